The Morgan fingerprint density at radius 1 is 1.10 bits per heavy atom. The van der Waals surface area contributed by atoms with Crippen molar-refractivity contribution < 1.29 is 17.9 Å². The van der Waals surface area contributed by atoms with E-state index in [4.69, 9.17) is 4.74 Å². The van der Waals surface area contributed by atoms with Gasteiger partial charge < -0.3 is 15.4 Å². The number of amides is 1. The Morgan fingerprint density at radius 3 is 2.50 bits per heavy atom. The van der Waals surface area contributed by atoms with E-state index in [0.29, 0.717) is 43.2 Å². The molecule has 0 radical (unpaired) electrons. The van der Waals surface area contributed by atoms with Gasteiger partial charge in [-0.1, -0.05) is 39.0 Å². The molecule has 162 valence electrons. The fourth-order valence-corrected chi connectivity index (χ4v) is 4.94. The van der Waals surface area contributed by atoms with E-state index in [2.05, 4.69) is 10.6 Å². The minimum Gasteiger partial charge on any atom is -0.480 e. The molecule has 1 amide bonds. The van der Waals surface area contributed by atoms with Crippen molar-refractivity contribution in [1.82, 2.24) is 4.31 Å². The van der Waals surface area contributed by atoms with Crippen LogP contribution in [0.1, 0.15) is 32.8 Å². The summed E-state index contributed by atoms with van der Waals surface area (Å²) in [5, 5.41) is 6.12. The van der Waals surface area contributed by atoms with E-state index < -0.39 is 16.1 Å². The Balaban J connectivity index is 1.87. The lowest BCUT2D eigenvalue weighted by Gasteiger charge is -2.21. The smallest absolute Gasteiger partial charge is 0.265 e. The highest BCUT2D eigenvalue weighted by Crippen LogP contribution is 2.31. The average molecular weight is 432 g/mol. The van der Waals surface area contributed by atoms with E-state index in [9.17, 15) is 13.2 Å². The molecule has 0 fully saturated rings. The summed E-state index contributed by atoms with van der Waals surface area (Å²) in [6, 6.07) is 12.4. The number of benzene rings is 2. The quantitative estimate of drug-likeness (QED) is 0.635. The van der Waals surface area contributed by atoms with Crippen molar-refractivity contribution in [2.24, 2.45) is 0 Å². The highest BCUT2D eigenvalue weighted by Gasteiger charge is 2.30. The minimum absolute atomic E-state index is 0.152. The summed E-state index contributed by atoms with van der Waals surface area (Å²) in [5.41, 5.74) is 2.10. The summed E-state index contributed by atoms with van der Waals surface area (Å²) in [6.45, 7) is 7.10. The molecule has 1 aliphatic rings. The number of fused-ring (bicyclic) bond motifs is 1. The molecule has 0 saturated heterocycles. The Kier molecular flexibility index (Phi) is 6.99. The summed E-state index contributed by atoms with van der Waals surface area (Å²) >= 11 is 0. The van der Waals surface area contributed by atoms with Crippen molar-refractivity contribution in [3.8, 4) is 5.75 Å². The third-order valence-electron chi connectivity index (χ3n) is 5.10. The molecule has 1 aliphatic heterocycles. The minimum atomic E-state index is -3.64. The fraction of sp³-hybridized carbons (Fsp3) is 0.409. The number of anilines is 2. The second-order valence-electron chi connectivity index (χ2n) is 7.13. The first kappa shape index (κ1) is 22.1. The van der Waals surface area contributed by atoms with Gasteiger partial charge in [-0.25, -0.2) is 8.42 Å². The summed E-state index contributed by atoms with van der Waals surface area (Å²) in [7, 11) is -3.64. The second kappa shape index (κ2) is 9.49. The van der Waals surface area contributed by atoms with Crippen LogP contribution in [-0.4, -0.2) is 44.4 Å². The van der Waals surface area contributed by atoms with Crippen molar-refractivity contribution in [3.05, 3.63) is 48.0 Å². The summed E-state index contributed by atoms with van der Waals surface area (Å²) in [6.07, 6.45) is 0.731. The van der Waals surface area contributed by atoms with E-state index in [1.807, 2.05) is 31.2 Å². The first-order valence-electron chi connectivity index (χ1n) is 10.3. The van der Waals surface area contributed by atoms with Crippen molar-refractivity contribution in [2.75, 3.05) is 30.3 Å². The van der Waals surface area contributed by atoms with Gasteiger partial charge in [0, 0.05) is 26.1 Å². The molecule has 0 spiro atoms. The van der Waals surface area contributed by atoms with E-state index >= 15 is 0 Å². The van der Waals surface area contributed by atoms with Crippen LogP contribution in [0.15, 0.2) is 47.4 Å². The van der Waals surface area contributed by atoms with Crippen LogP contribution >= 0.6 is 0 Å². The lowest BCUT2D eigenvalue weighted by Crippen LogP contribution is -2.32. The van der Waals surface area contributed by atoms with Crippen molar-refractivity contribution >= 4 is 27.3 Å². The van der Waals surface area contributed by atoms with Gasteiger partial charge in [-0.2, -0.15) is 4.31 Å². The number of hydrogen-bond acceptors (Lipinski definition) is 5. The maximum atomic E-state index is 12.9. The third kappa shape index (κ3) is 4.60. The number of rotatable bonds is 9. The van der Waals surface area contributed by atoms with Crippen molar-refractivity contribution in [3.63, 3.8) is 0 Å². The van der Waals surface area contributed by atoms with Gasteiger partial charge in [0.15, 0.2) is 6.10 Å². The van der Waals surface area contributed by atoms with Gasteiger partial charge >= 0.3 is 0 Å². The number of para-hydroxylation sites is 1. The van der Waals surface area contributed by atoms with Crippen molar-refractivity contribution in [2.45, 2.75) is 44.6 Å². The number of carbonyl (C=O) groups excluding carboxylic acids is 1. The highest BCUT2D eigenvalue weighted by atomic mass is 32.2. The summed E-state index contributed by atoms with van der Waals surface area (Å²) < 4.78 is 33.0. The van der Waals surface area contributed by atoms with Crippen LogP contribution < -0.4 is 15.4 Å². The van der Waals surface area contributed by atoms with Gasteiger partial charge in [0.25, 0.3) is 5.91 Å². The molecule has 0 bridgehead atoms. The first-order valence-corrected chi connectivity index (χ1v) is 11.8. The van der Waals surface area contributed by atoms with E-state index in [-0.39, 0.29) is 10.8 Å². The Hall–Kier alpha value is -2.58. The molecule has 1 atom stereocenters. The average Bonchev–Trinajstić information content (AvgIpc) is 3.18. The van der Waals surface area contributed by atoms with E-state index in [1.165, 1.54) is 10.4 Å². The van der Waals surface area contributed by atoms with Crippen LogP contribution in [0.2, 0.25) is 0 Å². The van der Waals surface area contributed by atoms with E-state index in [1.54, 1.807) is 26.0 Å². The molecule has 0 aromatic heterocycles. The van der Waals surface area contributed by atoms with Gasteiger partial charge in [-0.15, -0.1) is 0 Å². The molecule has 0 saturated carbocycles. The lowest BCUT2D eigenvalue weighted by molar-refractivity contribution is -0.122. The van der Waals surface area contributed by atoms with Crippen molar-refractivity contribution in [1.29, 1.82) is 0 Å². The Bertz CT molecular complexity index is 978. The molecule has 2 aromatic rings. The first-order chi connectivity index (χ1) is 14.4. The number of nitrogens with one attached hydrogen (secondary N) is 2. The number of nitrogens with zero attached hydrogens (tertiary/aromatic N) is 1. The molecule has 1 heterocycles. The fourth-order valence-electron chi connectivity index (χ4n) is 3.46. The molecule has 8 heteroatoms. The predicted molar refractivity (Wildman–Crippen MR) is 119 cm³/mol. The number of sulfonamides is 1. The molecular weight excluding hydrogens is 402 g/mol. The standard InChI is InChI=1S/C22H29N3O4S/c1-4-13-23-18-12-11-17(30(27,28)25(5-2)6-3)15-19(18)24-22(26)21-14-16-9-7-8-10-20(16)29-21/h7-12,15,21,23H,4-6,13-14H2,1-3H3,(H,24,26)/t21-/m1/s1. The van der Waals surface area contributed by atoms with Gasteiger partial charge in [0.05, 0.1) is 16.3 Å². The zero-order valence-electron chi connectivity index (χ0n) is 17.6. The highest BCUT2D eigenvalue weighted by molar-refractivity contribution is 7.89. The normalized spacial score (nSPS) is 15.5. The molecule has 2 aromatic carbocycles. The zero-order chi connectivity index (χ0) is 21.7. The molecule has 0 aliphatic carbocycles. The van der Waals surface area contributed by atoms with Gasteiger partial charge in [-0.05, 0) is 36.2 Å². The van der Waals surface area contributed by atoms with Crippen LogP contribution in [0.5, 0.6) is 5.75 Å². The summed E-state index contributed by atoms with van der Waals surface area (Å²) in [5.74, 6) is 0.406. The number of carbonyl (C=O) groups is 1. The third-order valence-corrected chi connectivity index (χ3v) is 7.14. The van der Waals surface area contributed by atoms with Crippen LogP contribution in [0.25, 0.3) is 0 Å². The maximum absolute atomic E-state index is 12.9. The van der Waals surface area contributed by atoms with Crippen LogP contribution in [0.3, 0.4) is 0 Å². The number of ether oxygens (including phenoxy) is 1. The predicted octanol–water partition coefficient (Wildman–Crippen LogP) is 3.48. The lowest BCUT2D eigenvalue weighted by atomic mass is 10.1. The zero-order valence-corrected chi connectivity index (χ0v) is 18.5. The largest absolute Gasteiger partial charge is 0.480 e. The molecule has 7 nitrogen and oxygen atoms in total. The molecule has 3 rings (SSSR count). The summed E-state index contributed by atoms with van der Waals surface area (Å²) in [4.78, 5) is 13.0. The van der Waals surface area contributed by atoms with Gasteiger partial charge in [0.1, 0.15) is 5.75 Å². The Labute approximate surface area is 178 Å². The monoisotopic (exact) mass is 431 g/mol. The van der Waals surface area contributed by atoms with Crippen LogP contribution in [0, 0.1) is 0 Å². The Morgan fingerprint density at radius 2 is 1.83 bits per heavy atom. The van der Waals surface area contributed by atoms with Crippen LogP contribution in [-0.2, 0) is 21.2 Å². The molecule has 30 heavy (non-hydrogen) atoms. The van der Waals surface area contributed by atoms with Crippen LogP contribution in [0.4, 0.5) is 11.4 Å². The van der Waals surface area contributed by atoms with Gasteiger partial charge in [0.2, 0.25) is 10.0 Å². The maximum Gasteiger partial charge on any atom is 0.265 e. The topological polar surface area (TPSA) is 87.7 Å². The molecular formula is C22H29N3O4S. The second-order valence-corrected chi connectivity index (χ2v) is 9.07. The SMILES string of the molecule is CCCNc1ccc(S(=O)(=O)N(CC)CC)cc1NC(=O)[C@H]1Cc2ccccc2O1. The van der Waals surface area contributed by atoms with E-state index in [0.717, 1.165) is 12.0 Å². The number of hydrogen-bond donors (Lipinski definition) is 2. The van der Waals surface area contributed by atoms with Gasteiger partial charge in [-0.3, -0.25) is 4.79 Å². The molecule has 0 unspecified atom stereocenters. The molecule has 2 N–H and O–H groups in total.